The lowest BCUT2D eigenvalue weighted by Gasteiger charge is -2.11. The molecule has 1 amide bonds. The predicted molar refractivity (Wildman–Crippen MR) is 59.0 cm³/mol. The van der Waals surface area contributed by atoms with Crippen LogP contribution in [0.3, 0.4) is 0 Å². The number of amides is 1. The Bertz CT molecular complexity index is 464. The van der Waals surface area contributed by atoms with E-state index >= 15 is 0 Å². The second-order valence-electron chi connectivity index (χ2n) is 3.99. The molecule has 3 N–H and O–H groups in total. The minimum Gasteiger partial charge on any atom is -0.368 e. The molecule has 1 aliphatic carbocycles. The van der Waals surface area contributed by atoms with Gasteiger partial charge in [0.15, 0.2) is 5.82 Å². The summed E-state index contributed by atoms with van der Waals surface area (Å²) in [6.07, 6.45) is 5.26. The summed E-state index contributed by atoms with van der Waals surface area (Å²) < 4.78 is 1.64. The Kier molecular flexibility index (Phi) is 2.64. The van der Waals surface area contributed by atoms with Gasteiger partial charge < -0.3 is 15.6 Å². The van der Waals surface area contributed by atoms with Crippen LogP contribution in [0.5, 0.6) is 0 Å². The number of carbonyl (C=O) groups is 1. The number of carbonyl (C=O) groups excluding carboxylic acids is 1. The molecule has 1 fully saturated rings. The number of aromatic nitrogens is 2. The molecule has 1 unspecified atom stereocenters. The first-order valence-corrected chi connectivity index (χ1v) is 5.22. The molecular weight excluding hydrogens is 208 g/mol. The van der Waals surface area contributed by atoms with E-state index in [0.717, 1.165) is 12.8 Å². The van der Waals surface area contributed by atoms with E-state index < -0.39 is 11.9 Å². The van der Waals surface area contributed by atoms with Gasteiger partial charge >= 0.3 is 0 Å². The molecule has 16 heavy (non-hydrogen) atoms. The highest BCUT2D eigenvalue weighted by molar-refractivity contribution is 5.82. The third kappa shape index (κ3) is 2.05. The van der Waals surface area contributed by atoms with Gasteiger partial charge in [-0.1, -0.05) is 0 Å². The maximum absolute atomic E-state index is 11.9. The Morgan fingerprint density at radius 2 is 2.38 bits per heavy atom. The fourth-order valence-electron chi connectivity index (χ4n) is 1.44. The lowest BCUT2D eigenvalue weighted by molar-refractivity contribution is -0.118. The average molecular weight is 222 g/mol. The van der Waals surface area contributed by atoms with Crippen LogP contribution in [0.4, 0.5) is 5.82 Å². The number of nitrogens with one attached hydrogen (secondary N) is 1. The number of nitrogens with two attached hydrogens (primary N) is 1. The Labute approximate surface area is 92.5 Å². The van der Waals surface area contributed by atoms with Gasteiger partial charge in [0.25, 0.3) is 5.56 Å². The Morgan fingerprint density at radius 1 is 1.69 bits per heavy atom. The van der Waals surface area contributed by atoms with Crippen molar-refractivity contribution in [3.8, 4) is 0 Å². The topological polar surface area (TPSA) is 90.0 Å². The monoisotopic (exact) mass is 222 g/mol. The van der Waals surface area contributed by atoms with E-state index in [9.17, 15) is 9.59 Å². The van der Waals surface area contributed by atoms with E-state index in [0.29, 0.717) is 6.04 Å². The van der Waals surface area contributed by atoms with Crippen LogP contribution in [0.15, 0.2) is 17.2 Å². The molecule has 1 aromatic rings. The minimum absolute atomic E-state index is 0.181. The Morgan fingerprint density at radius 3 is 2.94 bits per heavy atom. The zero-order valence-corrected chi connectivity index (χ0v) is 9.01. The van der Waals surface area contributed by atoms with Crippen LogP contribution in [-0.4, -0.2) is 21.5 Å². The maximum Gasteiger partial charge on any atom is 0.293 e. The Balaban J connectivity index is 2.24. The number of hydrogen-bond donors (Lipinski definition) is 2. The molecule has 6 heteroatoms. The largest absolute Gasteiger partial charge is 0.368 e. The molecule has 0 bridgehead atoms. The predicted octanol–water partition coefficient (Wildman–Crippen LogP) is -0.136. The van der Waals surface area contributed by atoms with E-state index in [1.165, 1.54) is 0 Å². The molecule has 2 rings (SSSR count). The van der Waals surface area contributed by atoms with Crippen LogP contribution < -0.4 is 16.6 Å². The smallest absolute Gasteiger partial charge is 0.293 e. The Hall–Kier alpha value is -1.85. The number of anilines is 1. The molecule has 0 radical (unpaired) electrons. The zero-order chi connectivity index (χ0) is 11.7. The highest BCUT2D eigenvalue weighted by Gasteiger charge is 2.25. The number of nitrogens with zero attached hydrogens (tertiary/aromatic N) is 2. The first-order chi connectivity index (χ1) is 7.59. The molecule has 1 aromatic heterocycles. The first kappa shape index (κ1) is 10.7. The van der Waals surface area contributed by atoms with Crippen LogP contribution in [0.1, 0.15) is 25.8 Å². The van der Waals surface area contributed by atoms with E-state index in [1.807, 2.05) is 0 Å². The van der Waals surface area contributed by atoms with Gasteiger partial charge in [0, 0.05) is 18.4 Å². The summed E-state index contributed by atoms with van der Waals surface area (Å²) in [6.45, 7) is 1.60. The van der Waals surface area contributed by atoms with E-state index in [1.54, 1.807) is 23.9 Å². The van der Waals surface area contributed by atoms with Gasteiger partial charge in [0.05, 0.1) is 0 Å². The van der Waals surface area contributed by atoms with Crippen molar-refractivity contribution in [2.24, 2.45) is 5.73 Å². The van der Waals surface area contributed by atoms with Crippen LogP contribution in [0.2, 0.25) is 0 Å². The maximum atomic E-state index is 11.9. The zero-order valence-electron chi connectivity index (χ0n) is 9.01. The van der Waals surface area contributed by atoms with Crippen LogP contribution >= 0.6 is 0 Å². The van der Waals surface area contributed by atoms with Crippen molar-refractivity contribution in [1.29, 1.82) is 0 Å². The van der Waals surface area contributed by atoms with Crippen molar-refractivity contribution in [3.05, 3.63) is 22.7 Å². The lowest BCUT2D eigenvalue weighted by atomic mass is 10.3. The molecule has 0 aliphatic heterocycles. The number of rotatable bonds is 4. The fraction of sp³-hybridized carbons (Fsp3) is 0.500. The summed E-state index contributed by atoms with van der Waals surface area (Å²) in [5, 5.41) is 2.71. The normalized spacial score (nSPS) is 16.8. The van der Waals surface area contributed by atoms with Crippen molar-refractivity contribution >= 4 is 11.7 Å². The summed E-state index contributed by atoms with van der Waals surface area (Å²) in [5.74, 6) is -0.330. The SMILES string of the molecule is CC(Nc1nccn(C2CC2)c1=O)C(N)=O. The molecule has 1 heterocycles. The van der Waals surface area contributed by atoms with Crippen molar-refractivity contribution in [1.82, 2.24) is 9.55 Å². The average Bonchev–Trinajstić information content (AvgIpc) is 3.04. The second kappa shape index (κ2) is 3.96. The molecule has 1 atom stereocenters. The summed E-state index contributed by atoms with van der Waals surface area (Å²) in [5.41, 5.74) is 4.91. The first-order valence-electron chi connectivity index (χ1n) is 5.22. The van der Waals surface area contributed by atoms with Crippen molar-refractivity contribution in [2.45, 2.75) is 31.8 Å². The molecule has 6 nitrogen and oxygen atoms in total. The van der Waals surface area contributed by atoms with Gasteiger partial charge in [-0.15, -0.1) is 0 Å². The van der Waals surface area contributed by atoms with Crippen LogP contribution in [0.25, 0.3) is 0 Å². The summed E-state index contributed by atoms with van der Waals surface area (Å²) in [4.78, 5) is 26.7. The van der Waals surface area contributed by atoms with E-state index in [4.69, 9.17) is 5.73 Å². The van der Waals surface area contributed by atoms with E-state index in [-0.39, 0.29) is 11.4 Å². The van der Waals surface area contributed by atoms with Gasteiger partial charge in [0.2, 0.25) is 5.91 Å². The summed E-state index contributed by atoms with van der Waals surface area (Å²) >= 11 is 0. The molecule has 0 aromatic carbocycles. The summed E-state index contributed by atoms with van der Waals surface area (Å²) in [7, 11) is 0. The molecule has 1 aliphatic rings. The molecular formula is C10H14N4O2. The van der Waals surface area contributed by atoms with Gasteiger partial charge in [0.1, 0.15) is 6.04 Å². The third-order valence-electron chi connectivity index (χ3n) is 2.59. The van der Waals surface area contributed by atoms with Crippen LogP contribution in [0, 0.1) is 0 Å². The number of hydrogen-bond acceptors (Lipinski definition) is 4. The molecule has 0 spiro atoms. The lowest BCUT2D eigenvalue weighted by Crippen LogP contribution is -2.36. The summed E-state index contributed by atoms with van der Waals surface area (Å²) in [6, 6.07) is -0.310. The fourth-order valence-corrected chi connectivity index (χ4v) is 1.44. The van der Waals surface area contributed by atoms with Gasteiger partial charge in [-0.25, -0.2) is 4.98 Å². The van der Waals surface area contributed by atoms with Crippen molar-refractivity contribution in [2.75, 3.05) is 5.32 Å². The van der Waals surface area contributed by atoms with Crippen molar-refractivity contribution in [3.63, 3.8) is 0 Å². The highest BCUT2D eigenvalue weighted by Crippen LogP contribution is 2.33. The highest BCUT2D eigenvalue weighted by atomic mass is 16.1. The quantitative estimate of drug-likeness (QED) is 0.742. The second-order valence-corrected chi connectivity index (χ2v) is 3.99. The minimum atomic E-state index is -0.602. The van der Waals surface area contributed by atoms with Crippen molar-refractivity contribution < 1.29 is 4.79 Å². The van der Waals surface area contributed by atoms with E-state index in [2.05, 4.69) is 10.3 Å². The standard InChI is InChI=1S/C10H14N4O2/c1-6(8(11)15)13-9-10(16)14(5-4-12-9)7-2-3-7/h4-7H,2-3H2,1H3,(H2,11,15)(H,12,13). The molecule has 86 valence electrons. The van der Waals surface area contributed by atoms with Gasteiger partial charge in [-0.2, -0.15) is 0 Å². The van der Waals surface area contributed by atoms with Gasteiger partial charge in [-0.3, -0.25) is 9.59 Å². The van der Waals surface area contributed by atoms with Crippen LogP contribution in [-0.2, 0) is 4.79 Å². The molecule has 1 saturated carbocycles. The molecule has 0 saturated heterocycles. The van der Waals surface area contributed by atoms with Gasteiger partial charge in [-0.05, 0) is 19.8 Å². The third-order valence-corrected chi connectivity index (χ3v) is 2.59. The number of primary amides is 1.